The summed E-state index contributed by atoms with van der Waals surface area (Å²) in [5.41, 5.74) is 2.95. The summed E-state index contributed by atoms with van der Waals surface area (Å²) >= 11 is 6.01. The molecule has 0 fully saturated rings. The molecule has 0 bridgehead atoms. The molecular formula is C31H38ClN3O5S. The van der Waals surface area contributed by atoms with Crippen molar-refractivity contribution in [2.45, 2.75) is 58.0 Å². The number of nitrogens with zero attached hydrogens (tertiary/aromatic N) is 2. The first-order valence-corrected chi connectivity index (χ1v) is 15.4. The molecule has 220 valence electrons. The molecule has 3 aromatic rings. The Labute approximate surface area is 248 Å². The average Bonchev–Trinajstić information content (AvgIpc) is 2.96. The number of methoxy groups -OCH3 is 1. The summed E-state index contributed by atoms with van der Waals surface area (Å²) in [6, 6.07) is 17.4. The molecule has 1 unspecified atom stereocenters. The van der Waals surface area contributed by atoms with Crippen LogP contribution in [0.15, 0.2) is 71.6 Å². The number of sulfonamides is 1. The van der Waals surface area contributed by atoms with E-state index in [1.165, 1.54) is 29.2 Å². The van der Waals surface area contributed by atoms with Gasteiger partial charge in [-0.15, -0.1) is 0 Å². The average molecular weight is 600 g/mol. The summed E-state index contributed by atoms with van der Waals surface area (Å²) in [5, 5.41) is 3.28. The van der Waals surface area contributed by atoms with Gasteiger partial charge in [0.25, 0.3) is 10.0 Å². The summed E-state index contributed by atoms with van der Waals surface area (Å²) in [6.45, 7) is 7.54. The Hall–Kier alpha value is -3.56. The third-order valence-electron chi connectivity index (χ3n) is 6.94. The van der Waals surface area contributed by atoms with E-state index in [0.29, 0.717) is 23.0 Å². The van der Waals surface area contributed by atoms with Crippen LogP contribution >= 0.6 is 11.6 Å². The second-order valence-electron chi connectivity index (χ2n) is 9.93. The van der Waals surface area contributed by atoms with Crippen LogP contribution in [0.1, 0.15) is 43.4 Å². The molecule has 0 aliphatic rings. The molecule has 1 N–H and O–H groups in total. The number of ether oxygens (including phenoxy) is 1. The topological polar surface area (TPSA) is 96.0 Å². The minimum absolute atomic E-state index is 0.00219. The van der Waals surface area contributed by atoms with Gasteiger partial charge in [-0.3, -0.25) is 13.9 Å². The molecule has 0 aliphatic heterocycles. The zero-order valence-electron chi connectivity index (χ0n) is 24.2. The van der Waals surface area contributed by atoms with Crippen LogP contribution in [-0.2, 0) is 26.2 Å². The molecule has 2 amide bonds. The summed E-state index contributed by atoms with van der Waals surface area (Å²) < 4.78 is 34.3. The summed E-state index contributed by atoms with van der Waals surface area (Å²) in [5.74, 6) is -0.230. The van der Waals surface area contributed by atoms with Crippen LogP contribution in [0.4, 0.5) is 5.69 Å². The normalized spacial score (nSPS) is 12.0. The lowest BCUT2D eigenvalue weighted by molar-refractivity contribution is -0.139. The van der Waals surface area contributed by atoms with Crippen LogP contribution in [0.25, 0.3) is 0 Å². The predicted octanol–water partition coefficient (Wildman–Crippen LogP) is 5.49. The number of aryl methyl sites for hydroxylation is 2. The fourth-order valence-electron chi connectivity index (χ4n) is 4.23. The maximum absolute atomic E-state index is 14.0. The van der Waals surface area contributed by atoms with Crippen LogP contribution in [0.2, 0.25) is 5.02 Å². The Kier molecular flexibility index (Phi) is 11.2. The molecular weight excluding hydrogens is 562 g/mol. The van der Waals surface area contributed by atoms with Crippen LogP contribution in [-0.4, -0.2) is 51.4 Å². The SMILES string of the molecule is CCCCNC(=O)C(C)N(Cc1cccc(OC)c1)C(=O)CN(c1ccc(C)c(C)c1)S(=O)(=O)c1ccc(Cl)cc1. The monoisotopic (exact) mass is 599 g/mol. The van der Waals surface area contributed by atoms with E-state index in [1.54, 1.807) is 44.4 Å². The number of hydrogen-bond acceptors (Lipinski definition) is 5. The lowest BCUT2D eigenvalue weighted by Crippen LogP contribution is -2.51. The minimum atomic E-state index is -4.17. The number of nitrogens with one attached hydrogen (secondary N) is 1. The Morgan fingerprint density at radius 1 is 1.00 bits per heavy atom. The number of anilines is 1. The molecule has 0 spiro atoms. The fourth-order valence-corrected chi connectivity index (χ4v) is 5.76. The molecule has 1 atom stereocenters. The van der Waals surface area contributed by atoms with Crippen molar-refractivity contribution in [3.8, 4) is 5.75 Å². The van der Waals surface area contributed by atoms with Crippen molar-refractivity contribution in [2.24, 2.45) is 0 Å². The highest BCUT2D eigenvalue weighted by Crippen LogP contribution is 2.27. The molecule has 0 heterocycles. The van der Waals surface area contributed by atoms with Crippen molar-refractivity contribution >= 4 is 39.1 Å². The minimum Gasteiger partial charge on any atom is -0.497 e. The van der Waals surface area contributed by atoms with E-state index >= 15 is 0 Å². The highest BCUT2D eigenvalue weighted by molar-refractivity contribution is 7.92. The van der Waals surface area contributed by atoms with E-state index in [2.05, 4.69) is 5.32 Å². The van der Waals surface area contributed by atoms with Gasteiger partial charge in [0.05, 0.1) is 17.7 Å². The third-order valence-corrected chi connectivity index (χ3v) is 8.98. The fraction of sp³-hybridized carbons (Fsp3) is 0.355. The van der Waals surface area contributed by atoms with Gasteiger partial charge < -0.3 is 15.0 Å². The van der Waals surface area contributed by atoms with Gasteiger partial charge in [-0.1, -0.05) is 43.1 Å². The number of halogens is 1. The second kappa shape index (κ2) is 14.4. The first kappa shape index (κ1) is 32.0. The standard InChI is InChI=1S/C31H38ClN3O5S/c1-6-7-17-33-31(37)24(4)34(20-25-9-8-10-28(19-25)40-5)30(36)21-35(27-14-11-22(2)23(3)18-27)41(38,39)29-15-12-26(32)13-16-29/h8-16,18-19,24H,6-7,17,20-21H2,1-5H3,(H,33,37). The van der Waals surface area contributed by atoms with Gasteiger partial charge in [0.1, 0.15) is 18.3 Å². The van der Waals surface area contributed by atoms with Crippen molar-refractivity contribution in [3.63, 3.8) is 0 Å². The largest absolute Gasteiger partial charge is 0.497 e. The van der Waals surface area contributed by atoms with Crippen LogP contribution < -0.4 is 14.4 Å². The summed E-state index contributed by atoms with van der Waals surface area (Å²) in [4.78, 5) is 28.5. The lowest BCUT2D eigenvalue weighted by atomic mass is 10.1. The zero-order chi connectivity index (χ0) is 30.2. The van der Waals surface area contributed by atoms with Crippen LogP contribution in [0, 0.1) is 13.8 Å². The van der Waals surface area contributed by atoms with Gasteiger partial charge >= 0.3 is 0 Å². The summed E-state index contributed by atoms with van der Waals surface area (Å²) in [7, 11) is -2.62. The van der Waals surface area contributed by atoms with Gasteiger partial charge in [-0.2, -0.15) is 0 Å². The molecule has 10 heteroatoms. The smallest absolute Gasteiger partial charge is 0.264 e. The third kappa shape index (κ3) is 8.24. The number of benzene rings is 3. The predicted molar refractivity (Wildman–Crippen MR) is 163 cm³/mol. The van der Waals surface area contributed by atoms with Gasteiger partial charge in [-0.05, 0) is 92.4 Å². The molecule has 0 aromatic heterocycles. The van der Waals surface area contributed by atoms with Crippen LogP contribution in [0.5, 0.6) is 5.75 Å². The van der Waals surface area contributed by atoms with E-state index in [4.69, 9.17) is 16.3 Å². The molecule has 0 radical (unpaired) electrons. The number of amides is 2. The molecule has 0 saturated carbocycles. The Balaban J connectivity index is 2.03. The number of carbonyl (C=O) groups is 2. The Bertz CT molecular complexity index is 1460. The lowest BCUT2D eigenvalue weighted by Gasteiger charge is -2.32. The van der Waals surface area contributed by atoms with Crippen molar-refractivity contribution in [1.29, 1.82) is 0 Å². The molecule has 3 rings (SSSR count). The van der Waals surface area contributed by atoms with E-state index in [9.17, 15) is 18.0 Å². The molecule has 0 saturated heterocycles. The van der Waals surface area contributed by atoms with E-state index in [-0.39, 0.29) is 17.3 Å². The number of hydrogen-bond donors (Lipinski definition) is 1. The molecule has 3 aromatic carbocycles. The van der Waals surface area contributed by atoms with Gasteiger partial charge in [0, 0.05) is 18.1 Å². The van der Waals surface area contributed by atoms with Crippen molar-refractivity contribution < 1.29 is 22.7 Å². The molecule has 8 nitrogen and oxygen atoms in total. The maximum atomic E-state index is 14.0. The Morgan fingerprint density at radius 2 is 1.71 bits per heavy atom. The Morgan fingerprint density at radius 3 is 2.34 bits per heavy atom. The first-order chi connectivity index (χ1) is 19.5. The van der Waals surface area contributed by atoms with Gasteiger partial charge in [0.15, 0.2) is 0 Å². The van der Waals surface area contributed by atoms with E-state index < -0.39 is 28.5 Å². The highest BCUT2D eigenvalue weighted by atomic mass is 35.5. The quantitative estimate of drug-likeness (QED) is 0.262. The highest BCUT2D eigenvalue weighted by Gasteiger charge is 2.32. The van der Waals surface area contributed by atoms with Gasteiger partial charge in [-0.25, -0.2) is 8.42 Å². The molecule has 0 aliphatic carbocycles. The molecule has 41 heavy (non-hydrogen) atoms. The number of rotatable bonds is 13. The maximum Gasteiger partial charge on any atom is 0.264 e. The number of unbranched alkanes of at least 4 members (excludes halogenated alkanes) is 1. The van der Waals surface area contributed by atoms with E-state index in [1.807, 2.05) is 32.9 Å². The van der Waals surface area contributed by atoms with Crippen molar-refractivity contribution in [2.75, 3.05) is 24.5 Å². The van der Waals surface area contributed by atoms with Gasteiger partial charge in [0.2, 0.25) is 11.8 Å². The van der Waals surface area contributed by atoms with Crippen molar-refractivity contribution in [3.05, 3.63) is 88.4 Å². The van der Waals surface area contributed by atoms with E-state index in [0.717, 1.165) is 33.8 Å². The van der Waals surface area contributed by atoms with Crippen LogP contribution in [0.3, 0.4) is 0 Å². The second-order valence-corrected chi connectivity index (χ2v) is 12.2. The summed E-state index contributed by atoms with van der Waals surface area (Å²) in [6.07, 6.45) is 1.72. The van der Waals surface area contributed by atoms with Crippen molar-refractivity contribution in [1.82, 2.24) is 10.2 Å². The first-order valence-electron chi connectivity index (χ1n) is 13.5. The number of carbonyl (C=O) groups excluding carboxylic acids is 2. The zero-order valence-corrected chi connectivity index (χ0v) is 25.8.